The average Bonchev–Trinajstić information content (AvgIpc) is 2.15. The minimum Gasteiger partial charge on any atom is -0.389 e. The third-order valence-corrected chi connectivity index (χ3v) is 3.58. The van der Waals surface area contributed by atoms with Gasteiger partial charge < -0.3 is 15.2 Å². The fourth-order valence-electron chi connectivity index (χ4n) is 1.55. The maximum atomic E-state index is 9.97. The molecule has 0 amide bonds. The summed E-state index contributed by atoms with van der Waals surface area (Å²) in [6, 6.07) is 0. The van der Waals surface area contributed by atoms with E-state index < -0.39 is 5.60 Å². The minimum absolute atomic E-state index is 0.284. The fraction of sp³-hybridized carbons (Fsp3) is 1.00. The first kappa shape index (κ1) is 12.9. The Bertz CT molecular complexity index is 190. The SMILES string of the molecule is CC(C)(O)C(C)(C)NCC1CCCCO1. The van der Waals surface area contributed by atoms with E-state index in [-0.39, 0.29) is 5.54 Å². The molecule has 1 aliphatic heterocycles. The van der Waals surface area contributed by atoms with Crippen LogP contribution >= 0.6 is 0 Å². The van der Waals surface area contributed by atoms with Gasteiger partial charge in [0.25, 0.3) is 0 Å². The van der Waals surface area contributed by atoms with Gasteiger partial charge in [0.15, 0.2) is 0 Å². The molecule has 0 aromatic carbocycles. The number of aliphatic hydroxyl groups is 1. The van der Waals surface area contributed by atoms with Gasteiger partial charge in [-0.1, -0.05) is 0 Å². The minimum atomic E-state index is -0.721. The van der Waals surface area contributed by atoms with Crippen LogP contribution in [0.2, 0.25) is 0 Å². The molecule has 1 unspecified atom stereocenters. The largest absolute Gasteiger partial charge is 0.389 e. The monoisotopic (exact) mass is 215 g/mol. The van der Waals surface area contributed by atoms with E-state index in [1.54, 1.807) is 0 Å². The second kappa shape index (κ2) is 4.81. The Morgan fingerprint density at radius 2 is 1.93 bits per heavy atom. The van der Waals surface area contributed by atoms with E-state index >= 15 is 0 Å². The molecular formula is C12H25NO2. The smallest absolute Gasteiger partial charge is 0.0767 e. The Labute approximate surface area is 93.2 Å². The molecule has 0 radical (unpaired) electrons. The number of ether oxygens (including phenoxy) is 1. The fourth-order valence-corrected chi connectivity index (χ4v) is 1.55. The highest BCUT2D eigenvalue weighted by Gasteiger charge is 2.35. The summed E-state index contributed by atoms with van der Waals surface area (Å²) in [4.78, 5) is 0. The molecule has 15 heavy (non-hydrogen) atoms. The van der Waals surface area contributed by atoms with Crippen LogP contribution in [0.3, 0.4) is 0 Å². The van der Waals surface area contributed by atoms with Crippen LogP contribution in [-0.4, -0.2) is 35.5 Å². The van der Waals surface area contributed by atoms with Crippen LogP contribution < -0.4 is 5.32 Å². The van der Waals surface area contributed by atoms with Crippen molar-refractivity contribution in [1.82, 2.24) is 5.32 Å². The zero-order chi connectivity index (χ0) is 11.5. The molecule has 2 N–H and O–H groups in total. The molecule has 0 saturated carbocycles. The van der Waals surface area contributed by atoms with E-state index in [0.717, 1.165) is 19.6 Å². The summed E-state index contributed by atoms with van der Waals surface area (Å²) in [5, 5.41) is 13.4. The number of hydrogen-bond donors (Lipinski definition) is 2. The summed E-state index contributed by atoms with van der Waals surface area (Å²) >= 11 is 0. The van der Waals surface area contributed by atoms with Crippen molar-refractivity contribution in [3.05, 3.63) is 0 Å². The van der Waals surface area contributed by atoms with Gasteiger partial charge in [0.2, 0.25) is 0 Å². The normalized spacial score (nSPS) is 24.2. The molecule has 1 aliphatic rings. The van der Waals surface area contributed by atoms with E-state index in [4.69, 9.17) is 4.74 Å². The van der Waals surface area contributed by atoms with Gasteiger partial charge in [-0.25, -0.2) is 0 Å². The van der Waals surface area contributed by atoms with Gasteiger partial charge in [0.1, 0.15) is 0 Å². The molecule has 90 valence electrons. The first-order valence-corrected chi connectivity index (χ1v) is 5.92. The molecule has 0 aliphatic carbocycles. The predicted molar refractivity (Wildman–Crippen MR) is 62.0 cm³/mol. The molecule has 3 heteroatoms. The lowest BCUT2D eigenvalue weighted by molar-refractivity contribution is -0.0253. The number of rotatable bonds is 4. The van der Waals surface area contributed by atoms with Crippen molar-refractivity contribution in [2.75, 3.05) is 13.2 Å². The molecule has 1 rings (SSSR count). The Hall–Kier alpha value is -0.120. The van der Waals surface area contributed by atoms with Gasteiger partial charge in [-0.2, -0.15) is 0 Å². The maximum absolute atomic E-state index is 9.97. The van der Waals surface area contributed by atoms with Crippen LogP contribution in [0.1, 0.15) is 47.0 Å². The van der Waals surface area contributed by atoms with Crippen LogP contribution in [0, 0.1) is 0 Å². The van der Waals surface area contributed by atoms with E-state index in [1.807, 2.05) is 27.7 Å². The lowest BCUT2D eigenvalue weighted by atomic mass is 9.86. The Balaban J connectivity index is 2.35. The van der Waals surface area contributed by atoms with E-state index in [1.165, 1.54) is 12.8 Å². The maximum Gasteiger partial charge on any atom is 0.0767 e. The summed E-state index contributed by atoms with van der Waals surface area (Å²) in [5.41, 5.74) is -1.00. The van der Waals surface area contributed by atoms with Crippen LogP contribution in [0.25, 0.3) is 0 Å². The van der Waals surface area contributed by atoms with E-state index in [9.17, 15) is 5.11 Å². The highest BCUT2D eigenvalue weighted by atomic mass is 16.5. The zero-order valence-corrected chi connectivity index (χ0v) is 10.5. The molecule has 0 aromatic rings. The second-order valence-corrected chi connectivity index (χ2v) is 5.55. The van der Waals surface area contributed by atoms with E-state index in [2.05, 4.69) is 5.32 Å². The van der Waals surface area contributed by atoms with Gasteiger partial charge in [-0.05, 0) is 47.0 Å². The van der Waals surface area contributed by atoms with Crippen LogP contribution in [0.15, 0.2) is 0 Å². The summed E-state index contributed by atoms with van der Waals surface area (Å²) in [5.74, 6) is 0. The van der Waals surface area contributed by atoms with Crippen molar-refractivity contribution in [3.63, 3.8) is 0 Å². The van der Waals surface area contributed by atoms with Gasteiger partial charge in [-0.15, -0.1) is 0 Å². The van der Waals surface area contributed by atoms with Crippen molar-refractivity contribution in [2.45, 2.75) is 64.2 Å². The first-order valence-electron chi connectivity index (χ1n) is 5.92. The highest BCUT2D eigenvalue weighted by molar-refractivity contribution is 4.93. The quantitative estimate of drug-likeness (QED) is 0.750. The second-order valence-electron chi connectivity index (χ2n) is 5.55. The van der Waals surface area contributed by atoms with Crippen molar-refractivity contribution < 1.29 is 9.84 Å². The zero-order valence-electron chi connectivity index (χ0n) is 10.5. The molecule has 1 saturated heterocycles. The molecule has 0 bridgehead atoms. The molecular weight excluding hydrogens is 190 g/mol. The molecule has 1 atom stereocenters. The van der Waals surface area contributed by atoms with Gasteiger partial charge in [-0.3, -0.25) is 0 Å². The Morgan fingerprint density at radius 1 is 1.27 bits per heavy atom. The highest BCUT2D eigenvalue weighted by Crippen LogP contribution is 2.21. The van der Waals surface area contributed by atoms with Crippen molar-refractivity contribution in [2.24, 2.45) is 0 Å². The van der Waals surface area contributed by atoms with Gasteiger partial charge >= 0.3 is 0 Å². The van der Waals surface area contributed by atoms with Crippen LogP contribution in [-0.2, 0) is 4.74 Å². The standard InChI is InChI=1S/C12H25NO2/c1-11(2,12(3,4)14)13-9-10-7-5-6-8-15-10/h10,13-14H,5-9H2,1-4H3. The van der Waals surface area contributed by atoms with Crippen molar-refractivity contribution in [1.29, 1.82) is 0 Å². The lowest BCUT2D eigenvalue weighted by Crippen LogP contribution is -2.57. The summed E-state index contributed by atoms with van der Waals surface area (Å²) in [6.45, 7) is 9.43. The summed E-state index contributed by atoms with van der Waals surface area (Å²) < 4.78 is 5.64. The molecule has 3 nitrogen and oxygen atoms in total. The molecule has 0 aromatic heterocycles. The van der Waals surface area contributed by atoms with Crippen molar-refractivity contribution >= 4 is 0 Å². The number of hydrogen-bond acceptors (Lipinski definition) is 3. The predicted octanol–water partition coefficient (Wildman–Crippen LogP) is 1.69. The van der Waals surface area contributed by atoms with Crippen molar-refractivity contribution in [3.8, 4) is 0 Å². The van der Waals surface area contributed by atoms with E-state index in [0.29, 0.717) is 6.10 Å². The topological polar surface area (TPSA) is 41.5 Å². The van der Waals surface area contributed by atoms with Gasteiger partial charge in [0, 0.05) is 18.7 Å². The van der Waals surface area contributed by atoms with Crippen LogP contribution in [0.4, 0.5) is 0 Å². The molecule has 1 fully saturated rings. The first-order chi connectivity index (χ1) is 6.83. The molecule has 0 spiro atoms. The lowest BCUT2D eigenvalue weighted by Gasteiger charge is -2.39. The Kier molecular flexibility index (Phi) is 4.15. The van der Waals surface area contributed by atoms with Crippen LogP contribution in [0.5, 0.6) is 0 Å². The summed E-state index contributed by atoms with van der Waals surface area (Å²) in [6.07, 6.45) is 3.90. The average molecular weight is 215 g/mol. The molecule has 1 heterocycles. The number of nitrogens with one attached hydrogen (secondary N) is 1. The third kappa shape index (κ3) is 3.74. The Morgan fingerprint density at radius 3 is 2.40 bits per heavy atom. The third-order valence-electron chi connectivity index (χ3n) is 3.58. The van der Waals surface area contributed by atoms with Gasteiger partial charge in [0.05, 0.1) is 11.7 Å². The summed E-state index contributed by atoms with van der Waals surface area (Å²) in [7, 11) is 0.